The molecule has 0 spiro atoms. The van der Waals surface area contributed by atoms with Gasteiger partial charge in [-0.05, 0) is 30.9 Å². The molecule has 1 aliphatic carbocycles. The lowest BCUT2D eigenvalue weighted by Crippen LogP contribution is -2.32. The van der Waals surface area contributed by atoms with Crippen molar-refractivity contribution in [2.75, 3.05) is 6.54 Å². The summed E-state index contributed by atoms with van der Waals surface area (Å²) in [6, 6.07) is 2.64. The topological polar surface area (TPSA) is 42.0 Å². The molecule has 0 bridgehead atoms. The van der Waals surface area contributed by atoms with E-state index in [1.165, 1.54) is 37.6 Å². The van der Waals surface area contributed by atoms with E-state index in [-0.39, 0.29) is 5.91 Å². The lowest BCUT2D eigenvalue weighted by Gasteiger charge is -2.25. The van der Waals surface area contributed by atoms with Gasteiger partial charge < -0.3 is 5.32 Å². The molecule has 80 valence electrons. The Bertz CT molecular complexity index is 346. The lowest BCUT2D eigenvalue weighted by molar-refractivity contribution is 0.0938. The number of carbonyl (C=O) groups excluding carboxylic acids is 1. The van der Waals surface area contributed by atoms with Crippen LogP contribution >= 0.6 is 0 Å². The molecule has 4 heteroatoms. The van der Waals surface area contributed by atoms with Crippen LogP contribution in [0.5, 0.6) is 0 Å². The Morgan fingerprint density at radius 3 is 2.87 bits per heavy atom. The fourth-order valence-electron chi connectivity index (χ4n) is 1.55. The Balaban J connectivity index is 1.86. The second kappa shape index (κ2) is 4.38. The summed E-state index contributed by atoms with van der Waals surface area (Å²) in [5.74, 6) is -0.109. The maximum Gasteiger partial charge on any atom is 0.252 e. The van der Waals surface area contributed by atoms with Crippen LogP contribution in [0.15, 0.2) is 18.3 Å². The van der Waals surface area contributed by atoms with E-state index >= 15 is 0 Å². The predicted molar refractivity (Wildman–Crippen MR) is 53.9 cm³/mol. The number of rotatable bonds is 3. The van der Waals surface area contributed by atoms with Crippen LogP contribution in [0.2, 0.25) is 0 Å². The fraction of sp³-hybridized carbons (Fsp3) is 0.455. The number of carbonyl (C=O) groups is 1. The van der Waals surface area contributed by atoms with Crippen molar-refractivity contribution < 1.29 is 9.18 Å². The van der Waals surface area contributed by atoms with Crippen molar-refractivity contribution in [3.05, 3.63) is 29.8 Å². The first-order chi connectivity index (χ1) is 7.25. The summed E-state index contributed by atoms with van der Waals surface area (Å²) in [6.45, 7) is 0.718. The Morgan fingerprint density at radius 1 is 1.53 bits per heavy atom. The van der Waals surface area contributed by atoms with E-state index in [0.29, 0.717) is 11.5 Å². The molecule has 2 rings (SSSR count). The van der Waals surface area contributed by atoms with Crippen molar-refractivity contribution in [1.29, 1.82) is 0 Å². The molecular weight excluding hydrogens is 195 g/mol. The molecule has 0 aliphatic heterocycles. The van der Waals surface area contributed by atoms with Gasteiger partial charge in [-0.25, -0.2) is 4.98 Å². The number of nitrogens with one attached hydrogen (secondary N) is 1. The molecule has 1 saturated carbocycles. The lowest BCUT2D eigenvalue weighted by atomic mass is 9.85. The summed E-state index contributed by atoms with van der Waals surface area (Å²) in [5.41, 5.74) is 0.413. The average Bonchev–Trinajstić information content (AvgIpc) is 2.16. The molecule has 1 N–H and O–H groups in total. The van der Waals surface area contributed by atoms with Crippen LogP contribution in [-0.4, -0.2) is 17.4 Å². The minimum atomic E-state index is -0.564. The molecule has 3 nitrogen and oxygen atoms in total. The van der Waals surface area contributed by atoms with Gasteiger partial charge in [-0.1, -0.05) is 6.42 Å². The average molecular weight is 208 g/mol. The molecule has 1 heterocycles. The van der Waals surface area contributed by atoms with Gasteiger partial charge in [-0.3, -0.25) is 4.79 Å². The van der Waals surface area contributed by atoms with E-state index in [2.05, 4.69) is 10.3 Å². The first kappa shape index (κ1) is 10.1. The number of aromatic nitrogens is 1. The molecule has 0 saturated heterocycles. The summed E-state index contributed by atoms with van der Waals surface area (Å²) < 4.78 is 12.5. The minimum absolute atomic E-state index is 0.172. The van der Waals surface area contributed by atoms with Gasteiger partial charge in [-0.2, -0.15) is 4.39 Å². The highest BCUT2D eigenvalue weighted by Crippen LogP contribution is 2.25. The van der Waals surface area contributed by atoms with Gasteiger partial charge in [-0.15, -0.1) is 0 Å². The van der Waals surface area contributed by atoms with Crippen molar-refractivity contribution in [2.24, 2.45) is 5.92 Å². The summed E-state index contributed by atoms with van der Waals surface area (Å²) in [5, 5.41) is 2.82. The van der Waals surface area contributed by atoms with Crippen LogP contribution in [0.4, 0.5) is 4.39 Å². The van der Waals surface area contributed by atoms with Crippen molar-refractivity contribution >= 4 is 5.91 Å². The number of halogens is 1. The smallest absolute Gasteiger partial charge is 0.252 e. The maximum absolute atomic E-state index is 12.5. The van der Waals surface area contributed by atoms with Gasteiger partial charge in [0.25, 0.3) is 5.91 Å². The summed E-state index contributed by atoms with van der Waals surface area (Å²) in [6.07, 6.45) is 4.91. The highest BCUT2D eigenvalue weighted by Gasteiger charge is 2.18. The van der Waals surface area contributed by atoms with Gasteiger partial charge in [0.15, 0.2) is 0 Å². The van der Waals surface area contributed by atoms with Crippen LogP contribution in [0.25, 0.3) is 0 Å². The number of hydrogen-bond acceptors (Lipinski definition) is 2. The zero-order valence-electron chi connectivity index (χ0n) is 8.37. The fourth-order valence-corrected chi connectivity index (χ4v) is 1.55. The van der Waals surface area contributed by atoms with E-state index in [4.69, 9.17) is 0 Å². The molecular formula is C11H13FN2O. The van der Waals surface area contributed by atoms with E-state index in [1.807, 2.05) is 0 Å². The van der Waals surface area contributed by atoms with Crippen molar-refractivity contribution in [1.82, 2.24) is 10.3 Å². The largest absolute Gasteiger partial charge is 0.352 e. The number of amides is 1. The third-order valence-electron chi connectivity index (χ3n) is 2.77. The molecule has 1 aromatic heterocycles. The van der Waals surface area contributed by atoms with Gasteiger partial charge >= 0.3 is 0 Å². The Hall–Kier alpha value is -1.45. The molecule has 1 fully saturated rings. The second-order valence-electron chi connectivity index (χ2n) is 3.88. The third-order valence-corrected chi connectivity index (χ3v) is 2.77. The van der Waals surface area contributed by atoms with Crippen LogP contribution in [0.3, 0.4) is 0 Å². The molecule has 15 heavy (non-hydrogen) atoms. The van der Waals surface area contributed by atoms with Crippen LogP contribution in [0, 0.1) is 11.9 Å². The van der Waals surface area contributed by atoms with Gasteiger partial charge in [0, 0.05) is 12.7 Å². The zero-order chi connectivity index (χ0) is 10.7. The third kappa shape index (κ3) is 2.52. The molecule has 1 aliphatic rings. The first-order valence-corrected chi connectivity index (χ1v) is 5.15. The highest BCUT2D eigenvalue weighted by molar-refractivity contribution is 5.93. The number of hydrogen-bond donors (Lipinski definition) is 1. The second-order valence-corrected chi connectivity index (χ2v) is 3.88. The van der Waals surface area contributed by atoms with Crippen molar-refractivity contribution in [3.63, 3.8) is 0 Å². The molecule has 0 radical (unpaired) electrons. The van der Waals surface area contributed by atoms with Crippen molar-refractivity contribution in [3.8, 4) is 0 Å². The monoisotopic (exact) mass is 208 g/mol. The minimum Gasteiger partial charge on any atom is -0.352 e. The van der Waals surface area contributed by atoms with Gasteiger partial charge in [0.05, 0.1) is 5.56 Å². The molecule has 1 aromatic rings. The van der Waals surface area contributed by atoms with E-state index < -0.39 is 5.95 Å². The SMILES string of the molecule is O=C(NCC1CCC1)c1ccc(F)nc1. The van der Waals surface area contributed by atoms with E-state index in [0.717, 1.165) is 6.54 Å². The van der Waals surface area contributed by atoms with Gasteiger partial charge in [0.2, 0.25) is 5.95 Å². The Kier molecular flexibility index (Phi) is 2.94. The number of nitrogens with zero attached hydrogens (tertiary/aromatic N) is 1. The predicted octanol–water partition coefficient (Wildman–Crippen LogP) is 1.75. The Morgan fingerprint density at radius 2 is 2.33 bits per heavy atom. The summed E-state index contributed by atoms with van der Waals surface area (Å²) >= 11 is 0. The number of pyridine rings is 1. The molecule has 0 unspecified atom stereocenters. The summed E-state index contributed by atoms with van der Waals surface area (Å²) in [4.78, 5) is 15.0. The van der Waals surface area contributed by atoms with Crippen LogP contribution < -0.4 is 5.32 Å². The normalized spacial score (nSPS) is 15.8. The van der Waals surface area contributed by atoms with Crippen LogP contribution in [-0.2, 0) is 0 Å². The van der Waals surface area contributed by atoms with Crippen LogP contribution in [0.1, 0.15) is 29.6 Å². The Labute approximate surface area is 87.7 Å². The van der Waals surface area contributed by atoms with E-state index in [9.17, 15) is 9.18 Å². The first-order valence-electron chi connectivity index (χ1n) is 5.15. The van der Waals surface area contributed by atoms with E-state index in [1.54, 1.807) is 0 Å². The van der Waals surface area contributed by atoms with Gasteiger partial charge in [0.1, 0.15) is 0 Å². The quantitative estimate of drug-likeness (QED) is 0.769. The molecule has 0 aromatic carbocycles. The standard InChI is InChI=1S/C11H13FN2O/c12-10-5-4-9(7-13-10)11(15)14-6-8-2-1-3-8/h4-5,7-8H,1-3,6H2,(H,14,15). The molecule has 0 atom stereocenters. The highest BCUT2D eigenvalue weighted by atomic mass is 19.1. The summed E-state index contributed by atoms with van der Waals surface area (Å²) in [7, 11) is 0. The maximum atomic E-state index is 12.5. The zero-order valence-corrected chi connectivity index (χ0v) is 8.37. The van der Waals surface area contributed by atoms with Crippen molar-refractivity contribution in [2.45, 2.75) is 19.3 Å². The molecule has 1 amide bonds.